The average molecular weight is 524 g/mol. The standard InChI is InChI=1S/C30H33N7O2/c1-2-35(22-12-13-22)17-6-9-26(38)36-18-16-23(19-36)37-30-27(29(31)32-20-33-30)28(34-37)21-10-14-25(15-11-21)39-24-7-4-3-5-8-24/h3-11,14-15,20,22-23H,2,12-13,16-19H2,1H3,(H2,31,32,33)/b9-6+. The van der Waals surface area contributed by atoms with Crippen LogP contribution in [0.3, 0.4) is 0 Å². The van der Waals surface area contributed by atoms with Gasteiger partial charge in [0.2, 0.25) is 5.91 Å². The molecule has 2 N–H and O–H groups in total. The number of likely N-dealkylation sites (N-methyl/N-ethyl adjacent to an activating group) is 1. The highest BCUT2D eigenvalue weighted by Crippen LogP contribution is 2.35. The van der Waals surface area contributed by atoms with E-state index >= 15 is 0 Å². The van der Waals surface area contributed by atoms with Crippen molar-refractivity contribution < 1.29 is 9.53 Å². The van der Waals surface area contributed by atoms with Crippen molar-refractivity contribution in [2.24, 2.45) is 0 Å². The van der Waals surface area contributed by atoms with Crippen molar-refractivity contribution in [3.8, 4) is 22.8 Å². The van der Waals surface area contributed by atoms with Crippen LogP contribution >= 0.6 is 0 Å². The van der Waals surface area contributed by atoms with E-state index in [0.717, 1.165) is 47.7 Å². The number of fused-ring (bicyclic) bond motifs is 1. The van der Waals surface area contributed by atoms with Gasteiger partial charge in [-0.15, -0.1) is 0 Å². The van der Waals surface area contributed by atoms with Crippen molar-refractivity contribution in [2.45, 2.75) is 38.3 Å². The summed E-state index contributed by atoms with van der Waals surface area (Å²) in [6.07, 6.45) is 8.52. The highest BCUT2D eigenvalue weighted by molar-refractivity contribution is 5.98. The number of nitrogens with two attached hydrogens (primary N) is 1. The maximum atomic E-state index is 12.9. The zero-order valence-electron chi connectivity index (χ0n) is 22.1. The Morgan fingerprint density at radius 1 is 1.08 bits per heavy atom. The molecule has 1 atom stereocenters. The summed E-state index contributed by atoms with van der Waals surface area (Å²) in [7, 11) is 0. The first kappa shape index (κ1) is 25.1. The number of hydrogen-bond acceptors (Lipinski definition) is 7. The number of benzene rings is 2. The molecule has 1 saturated carbocycles. The average Bonchev–Trinajstić information content (AvgIpc) is 3.54. The van der Waals surface area contributed by atoms with E-state index in [9.17, 15) is 4.79 Å². The number of amides is 1. The summed E-state index contributed by atoms with van der Waals surface area (Å²) in [6, 6.07) is 18.1. The Balaban J connectivity index is 1.20. The van der Waals surface area contributed by atoms with Gasteiger partial charge in [-0.3, -0.25) is 9.69 Å². The Morgan fingerprint density at radius 2 is 1.85 bits per heavy atom. The first-order chi connectivity index (χ1) is 19.1. The molecule has 9 heteroatoms. The number of rotatable bonds is 9. The molecule has 0 radical (unpaired) electrons. The Hall–Kier alpha value is -4.24. The van der Waals surface area contributed by atoms with E-state index in [1.807, 2.05) is 70.3 Å². The van der Waals surface area contributed by atoms with Gasteiger partial charge in [-0.25, -0.2) is 14.6 Å². The van der Waals surface area contributed by atoms with Crippen molar-refractivity contribution in [1.29, 1.82) is 0 Å². The molecule has 39 heavy (non-hydrogen) atoms. The number of nitrogen functional groups attached to an aromatic ring is 1. The number of likely N-dealkylation sites (tertiary alicyclic amines) is 1. The Kier molecular flexibility index (Phi) is 6.98. The summed E-state index contributed by atoms with van der Waals surface area (Å²) < 4.78 is 7.86. The summed E-state index contributed by atoms with van der Waals surface area (Å²) in [5.74, 6) is 1.94. The van der Waals surface area contributed by atoms with Crippen molar-refractivity contribution in [3.63, 3.8) is 0 Å². The van der Waals surface area contributed by atoms with E-state index in [4.69, 9.17) is 15.6 Å². The second-order valence-corrected chi connectivity index (χ2v) is 10.1. The number of ether oxygens (including phenoxy) is 1. The van der Waals surface area contributed by atoms with Gasteiger partial charge >= 0.3 is 0 Å². The Morgan fingerprint density at radius 3 is 2.59 bits per heavy atom. The topological polar surface area (TPSA) is 102 Å². The van der Waals surface area contributed by atoms with Crippen LogP contribution in [0.4, 0.5) is 5.82 Å². The molecule has 2 aromatic carbocycles. The zero-order chi connectivity index (χ0) is 26.8. The van der Waals surface area contributed by atoms with Crippen LogP contribution in [-0.4, -0.2) is 67.7 Å². The van der Waals surface area contributed by atoms with Crippen LogP contribution < -0.4 is 10.5 Å². The number of carbonyl (C=O) groups is 1. The molecule has 0 bridgehead atoms. The van der Waals surface area contributed by atoms with Crippen LogP contribution in [0, 0.1) is 0 Å². The number of nitrogens with zero attached hydrogens (tertiary/aromatic N) is 6. The Labute approximate surface area is 227 Å². The number of carbonyl (C=O) groups excluding carboxylic acids is 1. The lowest BCUT2D eigenvalue weighted by atomic mass is 10.1. The normalized spacial score (nSPS) is 17.5. The van der Waals surface area contributed by atoms with E-state index in [1.54, 1.807) is 6.08 Å². The fourth-order valence-electron chi connectivity index (χ4n) is 5.27. The van der Waals surface area contributed by atoms with Crippen molar-refractivity contribution in [3.05, 3.63) is 73.1 Å². The molecule has 4 aromatic rings. The van der Waals surface area contributed by atoms with Gasteiger partial charge in [-0.05, 0) is 62.2 Å². The molecule has 1 aliphatic carbocycles. The fraction of sp³-hybridized carbons (Fsp3) is 0.333. The molecule has 1 amide bonds. The van der Waals surface area contributed by atoms with Gasteiger partial charge in [0, 0.05) is 37.3 Å². The van der Waals surface area contributed by atoms with Crippen molar-refractivity contribution in [1.82, 2.24) is 29.5 Å². The highest BCUT2D eigenvalue weighted by atomic mass is 16.5. The molecule has 200 valence electrons. The monoisotopic (exact) mass is 523 g/mol. The van der Waals surface area contributed by atoms with Gasteiger partial charge in [-0.2, -0.15) is 5.10 Å². The maximum Gasteiger partial charge on any atom is 0.246 e. The van der Waals surface area contributed by atoms with Gasteiger partial charge in [0.05, 0.1) is 11.4 Å². The second kappa shape index (κ2) is 10.9. The van der Waals surface area contributed by atoms with Crippen LogP contribution in [0.2, 0.25) is 0 Å². The molecule has 9 nitrogen and oxygen atoms in total. The molecule has 1 saturated heterocycles. The largest absolute Gasteiger partial charge is 0.457 e. The second-order valence-electron chi connectivity index (χ2n) is 10.1. The fourth-order valence-corrected chi connectivity index (χ4v) is 5.27. The van der Waals surface area contributed by atoms with Gasteiger partial charge < -0.3 is 15.4 Å². The molecular weight excluding hydrogens is 490 g/mol. The molecule has 1 unspecified atom stereocenters. The number of hydrogen-bond donors (Lipinski definition) is 1. The third-order valence-electron chi connectivity index (χ3n) is 7.52. The smallest absolute Gasteiger partial charge is 0.246 e. The third-order valence-corrected chi connectivity index (χ3v) is 7.52. The lowest BCUT2D eigenvalue weighted by Crippen LogP contribution is -2.29. The van der Waals surface area contributed by atoms with Crippen LogP contribution in [0.1, 0.15) is 32.2 Å². The molecule has 6 rings (SSSR count). The zero-order valence-corrected chi connectivity index (χ0v) is 22.1. The minimum absolute atomic E-state index is 0.00666. The third kappa shape index (κ3) is 5.35. The van der Waals surface area contributed by atoms with E-state index < -0.39 is 0 Å². The van der Waals surface area contributed by atoms with E-state index in [1.165, 1.54) is 19.2 Å². The summed E-state index contributed by atoms with van der Waals surface area (Å²) in [5, 5.41) is 5.68. The first-order valence-corrected chi connectivity index (χ1v) is 13.6. The van der Waals surface area contributed by atoms with Crippen LogP contribution in [0.5, 0.6) is 11.5 Å². The number of para-hydroxylation sites is 1. The van der Waals surface area contributed by atoms with E-state index in [2.05, 4.69) is 21.8 Å². The summed E-state index contributed by atoms with van der Waals surface area (Å²) in [4.78, 5) is 26.0. The lowest BCUT2D eigenvalue weighted by Gasteiger charge is -2.18. The van der Waals surface area contributed by atoms with Gasteiger partial charge in [0.15, 0.2) is 5.65 Å². The molecule has 2 aliphatic rings. The van der Waals surface area contributed by atoms with Crippen LogP contribution in [0.15, 0.2) is 73.1 Å². The van der Waals surface area contributed by atoms with Crippen molar-refractivity contribution in [2.75, 3.05) is 31.9 Å². The predicted molar refractivity (Wildman–Crippen MR) is 151 cm³/mol. The number of anilines is 1. The lowest BCUT2D eigenvalue weighted by molar-refractivity contribution is -0.125. The highest BCUT2D eigenvalue weighted by Gasteiger charge is 2.30. The number of aromatic nitrogens is 4. The quantitative estimate of drug-likeness (QED) is 0.318. The summed E-state index contributed by atoms with van der Waals surface area (Å²) in [5.41, 5.74) is 8.62. The first-order valence-electron chi connectivity index (χ1n) is 13.6. The van der Waals surface area contributed by atoms with Crippen LogP contribution in [0.25, 0.3) is 22.3 Å². The summed E-state index contributed by atoms with van der Waals surface area (Å²) in [6.45, 7) is 5.26. The maximum absolute atomic E-state index is 12.9. The molecule has 2 aromatic heterocycles. The van der Waals surface area contributed by atoms with Gasteiger partial charge in [0.1, 0.15) is 29.3 Å². The van der Waals surface area contributed by atoms with Crippen molar-refractivity contribution >= 4 is 22.8 Å². The predicted octanol–water partition coefficient (Wildman–Crippen LogP) is 4.68. The Bertz CT molecular complexity index is 1480. The van der Waals surface area contributed by atoms with Crippen LogP contribution in [-0.2, 0) is 4.79 Å². The minimum atomic E-state index is 0.00666. The van der Waals surface area contributed by atoms with E-state index in [0.29, 0.717) is 30.6 Å². The molecule has 2 fully saturated rings. The van der Waals surface area contributed by atoms with Gasteiger partial charge in [0.25, 0.3) is 0 Å². The molecular formula is C30H33N7O2. The SMILES string of the molecule is CCN(C/C=C/C(=O)N1CCC(n2nc(-c3ccc(Oc4ccccc4)cc3)c3c(N)ncnc32)C1)C1CC1. The summed E-state index contributed by atoms with van der Waals surface area (Å²) >= 11 is 0. The van der Waals surface area contributed by atoms with Gasteiger partial charge in [-0.1, -0.05) is 31.2 Å². The molecule has 0 spiro atoms. The van der Waals surface area contributed by atoms with E-state index in [-0.39, 0.29) is 11.9 Å². The molecule has 1 aliphatic heterocycles. The minimum Gasteiger partial charge on any atom is -0.457 e. The molecule has 3 heterocycles.